The highest BCUT2D eigenvalue weighted by Crippen LogP contribution is 2.22. The minimum atomic E-state index is 0.157. The van der Waals surface area contributed by atoms with E-state index in [9.17, 15) is 5.11 Å². The van der Waals surface area contributed by atoms with Crippen LogP contribution in [0.3, 0.4) is 0 Å². The molecule has 1 unspecified atom stereocenters. The molecule has 1 heterocycles. The number of rotatable bonds is 5. The van der Waals surface area contributed by atoms with Gasteiger partial charge in [-0.3, -0.25) is 4.90 Å². The second kappa shape index (κ2) is 7.04. The van der Waals surface area contributed by atoms with E-state index in [0.29, 0.717) is 0 Å². The molecular weight excluding hydrogens is 236 g/mol. The van der Waals surface area contributed by atoms with Crippen LogP contribution >= 0.6 is 0 Å². The summed E-state index contributed by atoms with van der Waals surface area (Å²) in [5.41, 5.74) is 2.50. The highest BCUT2D eigenvalue weighted by atomic mass is 16.3. The van der Waals surface area contributed by atoms with E-state index in [2.05, 4.69) is 47.9 Å². The van der Waals surface area contributed by atoms with Crippen molar-refractivity contribution in [3.8, 4) is 0 Å². The molecule has 0 bridgehead atoms. The Hall–Kier alpha value is -0.900. The van der Waals surface area contributed by atoms with Crippen LogP contribution in [0.1, 0.15) is 30.5 Å². The van der Waals surface area contributed by atoms with Crippen LogP contribution in [0.5, 0.6) is 0 Å². The molecule has 1 saturated heterocycles. The first-order valence-corrected chi connectivity index (χ1v) is 7.38. The second-order valence-electron chi connectivity index (χ2n) is 5.49. The number of nitrogens with zero attached hydrogens (tertiary/aromatic N) is 2. The summed E-state index contributed by atoms with van der Waals surface area (Å²) in [7, 11) is 0. The molecule has 2 rings (SSSR count). The van der Waals surface area contributed by atoms with Gasteiger partial charge in [-0.1, -0.05) is 36.8 Å². The fourth-order valence-corrected chi connectivity index (χ4v) is 2.84. The van der Waals surface area contributed by atoms with E-state index < -0.39 is 0 Å². The van der Waals surface area contributed by atoms with Crippen LogP contribution in [-0.2, 0) is 0 Å². The van der Waals surface area contributed by atoms with Crippen molar-refractivity contribution in [1.29, 1.82) is 0 Å². The molecule has 1 aromatic carbocycles. The van der Waals surface area contributed by atoms with Crippen molar-refractivity contribution in [3.63, 3.8) is 0 Å². The van der Waals surface area contributed by atoms with Gasteiger partial charge in [0.25, 0.3) is 0 Å². The van der Waals surface area contributed by atoms with Crippen molar-refractivity contribution in [2.75, 3.05) is 39.3 Å². The van der Waals surface area contributed by atoms with E-state index in [0.717, 1.165) is 26.2 Å². The number of benzene rings is 1. The van der Waals surface area contributed by atoms with Gasteiger partial charge in [0, 0.05) is 26.2 Å². The van der Waals surface area contributed by atoms with E-state index in [1.165, 1.54) is 24.1 Å². The maximum Gasteiger partial charge on any atom is 0.0628 e. The average Bonchev–Trinajstić information content (AvgIpc) is 2.44. The molecule has 3 nitrogen and oxygen atoms in total. The molecule has 1 aliphatic heterocycles. The van der Waals surface area contributed by atoms with Gasteiger partial charge in [0.15, 0.2) is 0 Å². The number of piperazine rings is 1. The molecular formula is C16H26N2O. The lowest BCUT2D eigenvalue weighted by Gasteiger charge is -2.38. The monoisotopic (exact) mass is 262 g/mol. The van der Waals surface area contributed by atoms with Crippen LogP contribution in [0.4, 0.5) is 0 Å². The number of aliphatic hydroxyl groups excluding tert-OH is 1. The summed E-state index contributed by atoms with van der Waals surface area (Å²) < 4.78 is 0. The zero-order valence-electron chi connectivity index (χ0n) is 12.2. The second-order valence-corrected chi connectivity index (χ2v) is 5.49. The first kappa shape index (κ1) is 14.5. The van der Waals surface area contributed by atoms with Crippen LogP contribution in [0, 0.1) is 6.92 Å². The highest BCUT2D eigenvalue weighted by Gasteiger charge is 2.23. The predicted octanol–water partition coefficient (Wildman–Crippen LogP) is 2.06. The Morgan fingerprint density at radius 2 is 1.74 bits per heavy atom. The molecule has 0 amide bonds. The van der Waals surface area contributed by atoms with Crippen LogP contribution in [0.15, 0.2) is 24.3 Å². The van der Waals surface area contributed by atoms with Crippen LogP contribution in [0.2, 0.25) is 0 Å². The third kappa shape index (κ3) is 3.78. The summed E-state index contributed by atoms with van der Waals surface area (Å²) in [6.45, 7) is 10.1. The molecule has 0 saturated carbocycles. The van der Waals surface area contributed by atoms with E-state index >= 15 is 0 Å². The van der Waals surface area contributed by atoms with E-state index in [4.69, 9.17) is 0 Å². The van der Waals surface area contributed by atoms with Crippen molar-refractivity contribution < 1.29 is 5.11 Å². The SMILES string of the molecule is CCCN1CCN(C(CO)c2ccc(C)cc2)CC1. The topological polar surface area (TPSA) is 26.7 Å². The summed E-state index contributed by atoms with van der Waals surface area (Å²) >= 11 is 0. The molecule has 1 N–H and O–H groups in total. The largest absolute Gasteiger partial charge is 0.394 e. The van der Waals surface area contributed by atoms with Gasteiger partial charge in [0.2, 0.25) is 0 Å². The zero-order chi connectivity index (χ0) is 13.7. The maximum atomic E-state index is 9.72. The smallest absolute Gasteiger partial charge is 0.0628 e. The lowest BCUT2D eigenvalue weighted by Crippen LogP contribution is -2.48. The van der Waals surface area contributed by atoms with Gasteiger partial charge in [-0.2, -0.15) is 0 Å². The third-order valence-electron chi connectivity index (χ3n) is 4.02. The van der Waals surface area contributed by atoms with Crippen molar-refractivity contribution in [1.82, 2.24) is 9.80 Å². The molecule has 1 atom stereocenters. The minimum Gasteiger partial charge on any atom is -0.394 e. The number of hydrogen-bond acceptors (Lipinski definition) is 3. The van der Waals surface area contributed by atoms with Crippen LogP contribution in [0.25, 0.3) is 0 Å². The number of hydrogen-bond donors (Lipinski definition) is 1. The third-order valence-corrected chi connectivity index (χ3v) is 4.02. The van der Waals surface area contributed by atoms with Crippen LogP contribution < -0.4 is 0 Å². The van der Waals surface area contributed by atoms with Crippen molar-refractivity contribution in [2.24, 2.45) is 0 Å². The van der Waals surface area contributed by atoms with Crippen molar-refractivity contribution >= 4 is 0 Å². The Bertz CT molecular complexity index is 369. The summed E-state index contributed by atoms with van der Waals surface area (Å²) in [5, 5.41) is 9.72. The Morgan fingerprint density at radius 3 is 2.26 bits per heavy atom. The van der Waals surface area contributed by atoms with Gasteiger partial charge >= 0.3 is 0 Å². The normalized spacial score (nSPS) is 19.5. The molecule has 3 heteroatoms. The lowest BCUT2D eigenvalue weighted by atomic mass is 10.0. The Kier molecular flexibility index (Phi) is 5.37. The molecule has 1 aromatic rings. The molecule has 19 heavy (non-hydrogen) atoms. The first-order valence-electron chi connectivity index (χ1n) is 7.38. The summed E-state index contributed by atoms with van der Waals surface area (Å²) in [6, 6.07) is 8.71. The van der Waals surface area contributed by atoms with E-state index in [1.54, 1.807) is 0 Å². The van der Waals surface area contributed by atoms with Gasteiger partial charge in [-0.05, 0) is 25.5 Å². The van der Waals surface area contributed by atoms with Gasteiger partial charge in [-0.25, -0.2) is 0 Å². The lowest BCUT2D eigenvalue weighted by molar-refractivity contribution is 0.0651. The van der Waals surface area contributed by atoms with E-state index in [1.807, 2.05) is 0 Å². The van der Waals surface area contributed by atoms with Gasteiger partial charge in [0.1, 0.15) is 0 Å². The molecule has 0 aliphatic carbocycles. The summed E-state index contributed by atoms with van der Waals surface area (Å²) in [4.78, 5) is 4.93. The first-order chi connectivity index (χ1) is 9.24. The Balaban J connectivity index is 1.97. The Morgan fingerprint density at radius 1 is 1.11 bits per heavy atom. The fourth-order valence-electron chi connectivity index (χ4n) is 2.84. The maximum absolute atomic E-state index is 9.72. The van der Waals surface area contributed by atoms with E-state index in [-0.39, 0.29) is 12.6 Å². The van der Waals surface area contributed by atoms with Crippen LogP contribution in [-0.4, -0.2) is 54.2 Å². The molecule has 0 aromatic heterocycles. The molecule has 0 spiro atoms. The summed E-state index contributed by atoms with van der Waals surface area (Å²) in [6.07, 6.45) is 1.22. The quantitative estimate of drug-likeness (QED) is 0.880. The number of aryl methyl sites for hydroxylation is 1. The number of aliphatic hydroxyl groups is 1. The van der Waals surface area contributed by atoms with Gasteiger partial charge in [0.05, 0.1) is 12.6 Å². The van der Waals surface area contributed by atoms with Gasteiger partial charge < -0.3 is 10.0 Å². The average molecular weight is 262 g/mol. The molecule has 1 aliphatic rings. The molecule has 0 radical (unpaired) electrons. The van der Waals surface area contributed by atoms with Crippen molar-refractivity contribution in [2.45, 2.75) is 26.3 Å². The minimum absolute atomic E-state index is 0.157. The fraction of sp³-hybridized carbons (Fsp3) is 0.625. The molecule has 1 fully saturated rings. The van der Waals surface area contributed by atoms with Gasteiger partial charge in [-0.15, -0.1) is 0 Å². The Labute approximate surface area is 116 Å². The zero-order valence-corrected chi connectivity index (χ0v) is 12.2. The highest BCUT2D eigenvalue weighted by molar-refractivity contribution is 5.24. The predicted molar refractivity (Wildman–Crippen MR) is 79.3 cm³/mol. The van der Waals surface area contributed by atoms with Crippen molar-refractivity contribution in [3.05, 3.63) is 35.4 Å². The molecule has 106 valence electrons. The summed E-state index contributed by atoms with van der Waals surface area (Å²) in [5.74, 6) is 0. The standard InChI is InChI=1S/C16H26N2O/c1-3-8-17-9-11-18(12-10-17)16(13-19)15-6-4-14(2)5-7-15/h4-7,16,19H,3,8-13H2,1-2H3.